The van der Waals surface area contributed by atoms with Crippen molar-refractivity contribution in [2.24, 2.45) is 5.92 Å². The molecule has 7 nitrogen and oxygen atoms in total. The number of nitrogens with zero attached hydrogens (tertiary/aromatic N) is 1. The molecule has 0 aromatic heterocycles. The van der Waals surface area contributed by atoms with Gasteiger partial charge in [0.15, 0.2) is 11.5 Å². The van der Waals surface area contributed by atoms with Crippen molar-refractivity contribution >= 4 is 11.9 Å². The Labute approximate surface area is 166 Å². The minimum absolute atomic E-state index is 0.0926. The molecular formula is C21H31NO6. The second-order valence-corrected chi connectivity index (χ2v) is 6.79. The van der Waals surface area contributed by atoms with Crippen LogP contribution in [0.4, 0.5) is 0 Å². The summed E-state index contributed by atoms with van der Waals surface area (Å²) in [6.07, 6.45) is 2.56. The Bertz CT molecular complexity index is 648. The van der Waals surface area contributed by atoms with Crippen LogP contribution in [-0.4, -0.2) is 54.8 Å². The number of amides is 1. The van der Waals surface area contributed by atoms with E-state index in [1.54, 1.807) is 17.0 Å². The molecule has 1 aromatic rings. The SMILES string of the molecule is CCOc1cc(C(=O)N2CCCC(CCC(=O)O)C2)cc(OCC)c1OCC. The molecule has 1 aliphatic heterocycles. The number of carboxylic acids is 1. The van der Waals surface area contributed by atoms with Crippen LogP contribution in [-0.2, 0) is 4.79 Å². The van der Waals surface area contributed by atoms with Crippen LogP contribution in [0.5, 0.6) is 17.2 Å². The predicted octanol–water partition coefficient (Wildman–Crippen LogP) is 3.60. The summed E-state index contributed by atoms with van der Waals surface area (Å²) in [7, 11) is 0. The lowest BCUT2D eigenvalue weighted by molar-refractivity contribution is -0.137. The molecule has 156 valence electrons. The van der Waals surface area contributed by atoms with Gasteiger partial charge in [-0.1, -0.05) is 0 Å². The molecule has 1 amide bonds. The number of aliphatic carboxylic acids is 1. The first kappa shape index (κ1) is 21.9. The predicted molar refractivity (Wildman–Crippen MR) is 105 cm³/mol. The third-order valence-electron chi connectivity index (χ3n) is 4.73. The number of benzene rings is 1. The van der Waals surface area contributed by atoms with Crippen molar-refractivity contribution in [3.63, 3.8) is 0 Å². The molecule has 7 heteroatoms. The summed E-state index contributed by atoms with van der Waals surface area (Å²) in [4.78, 5) is 25.8. The molecule has 0 spiro atoms. The molecule has 0 radical (unpaired) electrons. The van der Waals surface area contributed by atoms with Crippen LogP contribution in [0.25, 0.3) is 0 Å². The number of carbonyl (C=O) groups is 2. The van der Waals surface area contributed by atoms with Crippen molar-refractivity contribution in [2.75, 3.05) is 32.9 Å². The summed E-state index contributed by atoms with van der Waals surface area (Å²) in [6, 6.07) is 3.42. The van der Waals surface area contributed by atoms with Gasteiger partial charge in [-0.2, -0.15) is 0 Å². The summed E-state index contributed by atoms with van der Waals surface area (Å²) in [5, 5.41) is 8.91. The maximum Gasteiger partial charge on any atom is 0.303 e. The van der Waals surface area contributed by atoms with Crippen molar-refractivity contribution in [2.45, 2.75) is 46.5 Å². The Morgan fingerprint density at radius 1 is 1.07 bits per heavy atom. The molecular weight excluding hydrogens is 362 g/mol. The Morgan fingerprint density at radius 2 is 1.68 bits per heavy atom. The van der Waals surface area contributed by atoms with E-state index in [1.165, 1.54) is 0 Å². The highest BCUT2D eigenvalue weighted by Crippen LogP contribution is 2.39. The van der Waals surface area contributed by atoms with Crippen molar-refractivity contribution in [1.29, 1.82) is 0 Å². The number of hydrogen-bond acceptors (Lipinski definition) is 5. The topological polar surface area (TPSA) is 85.3 Å². The standard InChI is InChI=1S/C21H31NO6/c1-4-26-17-12-16(13-18(27-5-2)20(17)28-6-3)21(25)22-11-7-8-15(14-22)9-10-19(23)24/h12-13,15H,4-11,14H2,1-3H3,(H,23,24). The van der Waals surface area contributed by atoms with Gasteiger partial charge in [0.05, 0.1) is 19.8 Å². The molecule has 0 bridgehead atoms. The normalized spacial score (nSPS) is 16.5. The molecule has 1 aromatic carbocycles. The largest absolute Gasteiger partial charge is 0.490 e. The molecule has 1 atom stereocenters. The van der Waals surface area contributed by atoms with Crippen LogP contribution in [0.15, 0.2) is 12.1 Å². The van der Waals surface area contributed by atoms with Gasteiger partial charge >= 0.3 is 5.97 Å². The van der Waals surface area contributed by atoms with E-state index in [-0.39, 0.29) is 18.2 Å². The summed E-state index contributed by atoms with van der Waals surface area (Å²) in [5.41, 5.74) is 0.495. The lowest BCUT2D eigenvalue weighted by atomic mass is 9.93. The lowest BCUT2D eigenvalue weighted by Gasteiger charge is -2.33. The third-order valence-corrected chi connectivity index (χ3v) is 4.73. The summed E-state index contributed by atoms with van der Waals surface area (Å²) >= 11 is 0. The zero-order valence-corrected chi connectivity index (χ0v) is 17.0. The van der Waals surface area contributed by atoms with E-state index in [4.69, 9.17) is 19.3 Å². The Balaban J connectivity index is 2.24. The lowest BCUT2D eigenvalue weighted by Crippen LogP contribution is -2.40. The number of carboxylic acid groups (broad SMARTS) is 1. The van der Waals surface area contributed by atoms with Gasteiger partial charge in [0, 0.05) is 25.1 Å². The van der Waals surface area contributed by atoms with Crippen molar-refractivity contribution in [3.05, 3.63) is 17.7 Å². The van der Waals surface area contributed by atoms with E-state index in [1.807, 2.05) is 20.8 Å². The first-order chi connectivity index (χ1) is 13.5. The molecule has 0 aliphatic carbocycles. The number of ether oxygens (including phenoxy) is 3. The highest BCUT2D eigenvalue weighted by atomic mass is 16.5. The monoisotopic (exact) mass is 393 g/mol. The van der Waals surface area contributed by atoms with Gasteiger partial charge in [-0.15, -0.1) is 0 Å². The van der Waals surface area contributed by atoms with Crippen LogP contribution in [0.3, 0.4) is 0 Å². The molecule has 1 aliphatic rings. The molecule has 1 fully saturated rings. The second kappa shape index (κ2) is 10.8. The van der Waals surface area contributed by atoms with Crippen molar-refractivity contribution in [3.8, 4) is 17.2 Å². The van der Waals surface area contributed by atoms with Crippen LogP contribution in [0.2, 0.25) is 0 Å². The number of hydrogen-bond donors (Lipinski definition) is 1. The molecule has 1 saturated heterocycles. The van der Waals surface area contributed by atoms with Gasteiger partial charge in [-0.05, 0) is 58.1 Å². The number of rotatable bonds is 10. The van der Waals surface area contributed by atoms with Gasteiger partial charge < -0.3 is 24.2 Å². The number of carbonyl (C=O) groups excluding carboxylic acids is 1. The molecule has 2 rings (SSSR count). The molecule has 1 N–H and O–H groups in total. The van der Waals surface area contributed by atoms with Crippen molar-refractivity contribution < 1.29 is 28.9 Å². The van der Waals surface area contributed by atoms with E-state index >= 15 is 0 Å². The van der Waals surface area contributed by atoms with Crippen LogP contribution in [0.1, 0.15) is 56.8 Å². The summed E-state index contributed by atoms with van der Waals surface area (Å²) in [5.74, 6) is 0.841. The zero-order valence-electron chi connectivity index (χ0n) is 17.0. The highest BCUT2D eigenvalue weighted by Gasteiger charge is 2.27. The van der Waals surface area contributed by atoms with E-state index in [2.05, 4.69) is 0 Å². The van der Waals surface area contributed by atoms with Gasteiger partial charge in [-0.3, -0.25) is 9.59 Å². The average molecular weight is 393 g/mol. The fourth-order valence-corrected chi connectivity index (χ4v) is 3.51. The van der Waals surface area contributed by atoms with Crippen molar-refractivity contribution in [1.82, 2.24) is 4.90 Å². The van der Waals surface area contributed by atoms with Crippen LogP contribution >= 0.6 is 0 Å². The molecule has 1 unspecified atom stereocenters. The minimum atomic E-state index is -0.794. The molecule has 28 heavy (non-hydrogen) atoms. The van der Waals surface area contributed by atoms with Crippen LogP contribution < -0.4 is 14.2 Å². The first-order valence-corrected chi connectivity index (χ1v) is 10.1. The third kappa shape index (κ3) is 5.78. The average Bonchev–Trinajstić information content (AvgIpc) is 2.68. The Kier molecular flexibility index (Phi) is 8.42. The van der Waals surface area contributed by atoms with E-state index in [0.717, 1.165) is 12.8 Å². The van der Waals surface area contributed by atoms with Gasteiger partial charge in [0.1, 0.15) is 0 Å². The fourth-order valence-electron chi connectivity index (χ4n) is 3.51. The quantitative estimate of drug-likeness (QED) is 0.654. The Morgan fingerprint density at radius 3 is 2.21 bits per heavy atom. The van der Waals surface area contributed by atoms with Crippen LogP contribution in [0, 0.1) is 5.92 Å². The Hall–Kier alpha value is -2.44. The smallest absolute Gasteiger partial charge is 0.303 e. The number of likely N-dealkylation sites (tertiary alicyclic amines) is 1. The molecule has 0 saturated carbocycles. The van der Waals surface area contributed by atoms with E-state index in [0.29, 0.717) is 62.1 Å². The van der Waals surface area contributed by atoms with E-state index in [9.17, 15) is 9.59 Å². The fraction of sp³-hybridized carbons (Fsp3) is 0.619. The van der Waals surface area contributed by atoms with Gasteiger partial charge in [0.2, 0.25) is 5.75 Å². The maximum absolute atomic E-state index is 13.1. The summed E-state index contributed by atoms with van der Waals surface area (Å²) in [6.45, 7) is 8.25. The van der Waals surface area contributed by atoms with Gasteiger partial charge in [0.25, 0.3) is 5.91 Å². The van der Waals surface area contributed by atoms with E-state index < -0.39 is 5.97 Å². The highest BCUT2D eigenvalue weighted by molar-refractivity contribution is 5.95. The second-order valence-electron chi connectivity index (χ2n) is 6.79. The van der Waals surface area contributed by atoms with Gasteiger partial charge in [-0.25, -0.2) is 0 Å². The first-order valence-electron chi connectivity index (χ1n) is 10.1. The maximum atomic E-state index is 13.1. The zero-order chi connectivity index (χ0) is 20.5. The number of piperidine rings is 1. The minimum Gasteiger partial charge on any atom is -0.490 e. The summed E-state index contributed by atoms with van der Waals surface area (Å²) < 4.78 is 17.1. The molecule has 1 heterocycles.